The van der Waals surface area contributed by atoms with Crippen LogP contribution >= 0.6 is 35.0 Å². The zero-order valence-electron chi connectivity index (χ0n) is 13.9. The molecule has 0 aliphatic carbocycles. The third kappa shape index (κ3) is 4.06. The van der Waals surface area contributed by atoms with Crippen LogP contribution in [0.15, 0.2) is 47.4 Å². The molecule has 26 heavy (non-hydrogen) atoms. The van der Waals surface area contributed by atoms with E-state index in [0.717, 1.165) is 28.0 Å². The first-order chi connectivity index (χ1) is 12.5. The number of halogens is 2. The summed E-state index contributed by atoms with van der Waals surface area (Å²) in [7, 11) is 0. The van der Waals surface area contributed by atoms with Gasteiger partial charge in [0.05, 0.1) is 18.1 Å². The van der Waals surface area contributed by atoms with Crippen molar-refractivity contribution in [2.45, 2.75) is 13.5 Å². The third-order valence-corrected chi connectivity index (χ3v) is 5.36. The Hall–Kier alpha value is -1.95. The summed E-state index contributed by atoms with van der Waals surface area (Å²) in [6.45, 7) is 2.54. The summed E-state index contributed by atoms with van der Waals surface area (Å²) < 4.78 is 5.39. The Morgan fingerprint density at radius 2 is 1.73 bits per heavy atom. The maximum atomic E-state index is 12.6. The second kappa shape index (κ2) is 8.16. The number of carbonyl (C=O) groups is 2. The van der Waals surface area contributed by atoms with Crippen molar-refractivity contribution in [1.29, 1.82) is 0 Å². The van der Waals surface area contributed by atoms with E-state index in [1.54, 1.807) is 24.3 Å². The first-order valence-electron chi connectivity index (χ1n) is 7.90. The molecule has 0 unspecified atom stereocenters. The van der Waals surface area contributed by atoms with E-state index in [9.17, 15) is 9.59 Å². The van der Waals surface area contributed by atoms with Crippen molar-refractivity contribution >= 4 is 52.2 Å². The molecule has 0 aromatic heterocycles. The molecule has 2 aromatic rings. The van der Waals surface area contributed by atoms with Crippen molar-refractivity contribution in [3.8, 4) is 5.75 Å². The molecule has 134 valence electrons. The summed E-state index contributed by atoms with van der Waals surface area (Å²) in [6, 6.07) is 12.4. The van der Waals surface area contributed by atoms with Gasteiger partial charge in [0.1, 0.15) is 5.75 Å². The zero-order valence-corrected chi connectivity index (χ0v) is 16.2. The van der Waals surface area contributed by atoms with E-state index in [-0.39, 0.29) is 17.7 Å². The molecule has 0 saturated carbocycles. The number of carbonyl (C=O) groups excluding carboxylic acids is 2. The molecule has 1 fully saturated rings. The van der Waals surface area contributed by atoms with Gasteiger partial charge in [-0.2, -0.15) is 0 Å². The number of ether oxygens (including phenoxy) is 1. The predicted molar refractivity (Wildman–Crippen MR) is 106 cm³/mol. The number of amides is 2. The summed E-state index contributed by atoms with van der Waals surface area (Å²) >= 11 is 13.2. The normalized spacial score (nSPS) is 15.8. The Kier molecular flexibility index (Phi) is 5.91. The van der Waals surface area contributed by atoms with Crippen LogP contribution < -0.4 is 4.74 Å². The van der Waals surface area contributed by atoms with E-state index in [1.165, 1.54) is 0 Å². The van der Waals surface area contributed by atoms with Crippen LogP contribution in [0.5, 0.6) is 5.75 Å². The van der Waals surface area contributed by atoms with Crippen molar-refractivity contribution in [2.24, 2.45) is 0 Å². The second-order valence-corrected chi connectivity index (χ2v) is 7.28. The van der Waals surface area contributed by atoms with Crippen LogP contribution in [0.2, 0.25) is 10.0 Å². The van der Waals surface area contributed by atoms with Gasteiger partial charge in [0.2, 0.25) is 0 Å². The summed E-state index contributed by atoms with van der Waals surface area (Å²) in [5, 5.41) is 0.502. The fraction of sp³-hybridized carbons (Fsp3) is 0.158. The van der Waals surface area contributed by atoms with Crippen molar-refractivity contribution in [1.82, 2.24) is 4.90 Å². The molecule has 0 radical (unpaired) electrons. The van der Waals surface area contributed by atoms with Gasteiger partial charge in [0.15, 0.2) is 0 Å². The Morgan fingerprint density at radius 3 is 2.35 bits per heavy atom. The Morgan fingerprint density at radius 1 is 1.08 bits per heavy atom. The molecule has 2 amide bonds. The first-order valence-corrected chi connectivity index (χ1v) is 9.48. The summed E-state index contributed by atoms with van der Waals surface area (Å²) in [6.07, 6.45) is 1.69. The van der Waals surface area contributed by atoms with Gasteiger partial charge in [-0.25, -0.2) is 0 Å². The van der Waals surface area contributed by atoms with Gasteiger partial charge >= 0.3 is 0 Å². The minimum atomic E-state index is -0.357. The van der Waals surface area contributed by atoms with Gasteiger partial charge in [-0.05, 0) is 54.6 Å². The number of benzene rings is 2. The van der Waals surface area contributed by atoms with Crippen molar-refractivity contribution in [3.05, 3.63) is 68.5 Å². The molecule has 0 spiro atoms. The molecular weight excluding hydrogens is 393 g/mol. The molecule has 0 atom stereocenters. The molecule has 1 saturated heterocycles. The maximum absolute atomic E-state index is 12.6. The molecule has 1 heterocycles. The summed E-state index contributed by atoms with van der Waals surface area (Å²) in [4.78, 5) is 26.4. The van der Waals surface area contributed by atoms with Crippen LogP contribution in [0.1, 0.15) is 18.1 Å². The molecular formula is C19H15Cl2NO3S. The topological polar surface area (TPSA) is 46.6 Å². The minimum absolute atomic E-state index is 0.0454. The monoisotopic (exact) mass is 407 g/mol. The Labute approximate surface area is 165 Å². The largest absolute Gasteiger partial charge is 0.494 e. The van der Waals surface area contributed by atoms with Crippen LogP contribution in [0, 0.1) is 0 Å². The maximum Gasteiger partial charge on any atom is 0.293 e. The number of hydrogen-bond acceptors (Lipinski definition) is 4. The van der Waals surface area contributed by atoms with Gasteiger partial charge < -0.3 is 4.74 Å². The molecule has 0 N–H and O–H groups in total. The highest BCUT2D eigenvalue weighted by atomic mass is 35.5. The summed E-state index contributed by atoms with van der Waals surface area (Å²) in [5.41, 5.74) is 1.37. The highest BCUT2D eigenvalue weighted by molar-refractivity contribution is 8.18. The molecule has 1 aliphatic rings. The number of nitrogens with zero attached hydrogens (tertiary/aromatic N) is 1. The van der Waals surface area contributed by atoms with Crippen molar-refractivity contribution in [3.63, 3.8) is 0 Å². The van der Waals surface area contributed by atoms with Gasteiger partial charge in [-0.15, -0.1) is 0 Å². The SMILES string of the molecule is CCOc1ccc(C=C2SC(=O)N(Cc3c(Cl)cccc3Cl)C2=O)cc1. The Bertz CT molecular complexity index is 861. The Balaban J connectivity index is 1.80. The fourth-order valence-corrected chi connectivity index (χ4v) is 3.81. The lowest BCUT2D eigenvalue weighted by molar-refractivity contribution is -0.123. The van der Waals surface area contributed by atoms with Crippen molar-refractivity contribution in [2.75, 3.05) is 6.61 Å². The predicted octanol–water partition coefficient (Wildman–Crippen LogP) is 5.63. The van der Waals surface area contributed by atoms with Gasteiger partial charge in [-0.3, -0.25) is 14.5 Å². The van der Waals surface area contributed by atoms with Crippen LogP contribution in [-0.2, 0) is 11.3 Å². The van der Waals surface area contributed by atoms with Gasteiger partial charge in [0, 0.05) is 15.6 Å². The zero-order chi connectivity index (χ0) is 18.7. The van der Waals surface area contributed by atoms with E-state index in [2.05, 4.69) is 0 Å². The first kappa shape index (κ1) is 18.8. The molecule has 3 rings (SSSR count). The molecule has 1 aliphatic heterocycles. The van der Waals surface area contributed by atoms with E-state index < -0.39 is 0 Å². The number of hydrogen-bond donors (Lipinski definition) is 0. The number of rotatable bonds is 5. The third-order valence-electron chi connectivity index (χ3n) is 3.74. The van der Waals surface area contributed by atoms with Crippen LogP contribution in [0.4, 0.5) is 4.79 Å². The molecule has 0 bridgehead atoms. The van der Waals surface area contributed by atoms with Crippen LogP contribution in [-0.4, -0.2) is 22.7 Å². The van der Waals surface area contributed by atoms with Gasteiger partial charge in [-0.1, -0.05) is 41.4 Å². The number of imide groups is 1. The highest BCUT2D eigenvalue weighted by Gasteiger charge is 2.35. The highest BCUT2D eigenvalue weighted by Crippen LogP contribution is 2.35. The van der Waals surface area contributed by atoms with E-state index in [4.69, 9.17) is 27.9 Å². The van der Waals surface area contributed by atoms with E-state index in [0.29, 0.717) is 27.1 Å². The molecule has 7 heteroatoms. The summed E-state index contributed by atoms with van der Waals surface area (Å²) in [5.74, 6) is 0.399. The van der Waals surface area contributed by atoms with E-state index in [1.807, 2.05) is 31.2 Å². The lowest BCUT2D eigenvalue weighted by Crippen LogP contribution is -2.27. The lowest BCUT2D eigenvalue weighted by Gasteiger charge is -2.14. The van der Waals surface area contributed by atoms with Crippen molar-refractivity contribution < 1.29 is 14.3 Å². The van der Waals surface area contributed by atoms with Gasteiger partial charge in [0.25, 0.3) is 11.1 Å². The smallest absolute Gasteiger partial charge is 0.293 e. The van der Waals surface area contributed by atoms with E-state index >= 15 is 0 Å². The lowest BCUT2D eigenvalue weighted by atomic mass is 10.2. The average Bonchev–Trinajstić information content (AvgIpc) is 2.87. The molecule has 2 aromatic carbocycles. The number of thioether (sulfide) groups is 1. The average molecular weight is 408 g/mol. The quantitative estimate of drug-likeness (QED) is 0.602. The molecule has 4 nitrogen and oxygen atoms in total. The van der Waals surface area contributed by atoms with Crippen LogP contribution in [0.3, 0.4) is 0 Å². The van der Waals surface area contributed by atoms with Crippen LogP contribution in [0.25, 0.3) is 6.08 Å². The minimum Gasteiger partial charge on any atom is -0.494 e. The second-order valence-electron chi connectivity index (χ2n) is 5.47. The fourth-order valence-electron chi connectivity index (χ4n) is 2.46. The standard InChI is InChI=1S/C19H15Cl2NO3S/c1-2-25-13-8-6-12(7-9-13)10-17-18(23)22(19(24)26-17)11-14-15(20)4-3-5-16(14)21/h3-10H,2,11H2,1H3.